The minimum Gasteiger partial charge on any atom is -0.317 e. The number of nitrogens with zero attached hydrogens (tertiary/aromatic N) is 1. The lowest BCUT2D eigenvalue weighted by atomic mass is 9.92. The first-order valence-electron chi connectivity index (χ1n) is 6.33. The monoisotopic (exact) mass is 287 g/mol. The zero-order valence-corrected chi connectivity index (χ0v) is 11.6. The predicted octanol–water partition coefficient (Wildman–Crippen LogP) is 1.03. The quantitative estimate of drug-likeness (QED) is 0.867. The van der Waals surface area contributed by atoms with E-state index in [-0.39, 0.29) is 6.04 Å². The van der Waals surface area contributed by atoms with Crippen molar-refractivity contribution >= 4 is 10.0 Å². The lowest BCUT2D eigenvalue weighted by Crippen LogP contribution is -2.41. The van der Waals surface area contributed by atoms with Crippen LogP contribution in [0.4, 0.5) is 4.39 Å². The molecule has 1 heterocycles. The second-order valence-corrected chi connectivity index (χ2v) is 6.38. The molecule has 0 amide bonds. The molecular weight excluding hydrogens is 269 g/mol. The number of rotatable bonds is 4. The summed E-state index contributed by atoms with van der Waals surface area (Å²) in [4.78, 5) is 3.61. The molecule has 0 radical (unpaired) electrons. The van der Waals surface area contributed by atoms with Crippen LogP contribution < -0.4 is 10.0 Å². The fourth-order valence-corrected chi connectivity index (χ4v) is 3.65. The maximum absolute atomic E-state index is 13.5. The summed E-state index contributed by atoms with van der Waals surface area (Å²) in [6.45, 7) is 0. The van der Waals surface area contributed by atoms with Crippen molar-refractivity contribution in [3.8, 4) is 0 Å². The minimum absolute atomic E-state index is 0.143. The van der Waals surface area contributed by atoms with Crippen LogP contribution >= 0.6 is 0 Å². The van der Waals surface area contributed by atoms with Crippen LogP contribution in [0.1, 0.15) is 25.7 Å². The van der Waals surface area contributed by atoms with Gasteiger partial charge in [-0.2, -0.15) is 0 Å². The van der Waals surface area contributed by atoms with E-state index in [2.05, 4.69) is 15.0 Å². The molecule has 0 aromatic carbocycles. The molecule has 2 rings (SSSR count). The summed E-state index contributed by atoms with van der Waals surface area (Å²) in [5.74, 6) is -0.820. The zero-order valence-electron chi connectivity index (χ0n) is 10.8. The summed E-state index contributed by atoms with van der Waals surface area (Å²) in [6, 6.07) is 2.76. The second kappa shape index (κ2) is 5.94. The smallest absolute Gasteiger partial charge is 0.261 e. The lowest BCUT2D eigenvalue weighted by Gasteiger charge is -2.28. The van der Waals surface area contributed by atoms with Gasteiger partial charge in [-0.3, -0.25) is 0 Å². The highest BCUT2D eigenvalue weighted by molar-refractivity contribution is 7.89. The molecule has 1 aliphatic rings. The standard InChI is InChI=1S/C12H18FN3O2S/c1-14-9-4-6-10(7-5-9)16-19(17,18)12-11(13)3-2-8-15-12/h2-3,8-10,14,16H,4-7H2,1H3. The summed E-state index contributed by atoms with van der Waals surface area (Å²) in [7, 11) is -1.97. The number of hydrogen-bond donors (Lipinski definition) is 2. The molecule has 0 aliphatic heterocycles. The number of halogens is 1. The molecule has 1 aromatic heterocycles. The van der Waals surface area contributed by atoms with Crippen molar-refractivity contribution in [3.05, 3.63) is 24.1 Å². The van der Waals surface area contributed by atoms with Crippen molar-refractivity contribution in [1.82, 2.24) is 15.0 Å². The Morgan fingerprint density at radius 3 is 2.47 bits per heavy atom. The Labute approximate surface area is 112 Å². The van der Waals surface area contributed by atoms with Gasteiger partial charge in [0.25, 0.3) is 10.0 Å². The fraction of sp³-hybridized carbons (Fsp3) is 0.583. The fourth-order valence-electron chi connectivity index (χ4n) is 2.34. The van der Waals surface area contributed by atoms with Crippen LogP contribution in [0.2, 0.25) is 0 Å². The summed E-state index contributed by atoms with van der Waals surface area (Å²) in [5, 5.41) is 2.66. The summed E-state index contributed by atoms with van der Waals surface area (Å²) in [5.41, 5.74) is 0. The van der Waals surface area contributed by atoms with Gasteiger partial charge in [0, 0.05) is 18.3 Å². The van der Waals surface area contributed by atoms with E-state index in [1.54, 1.807) is 0 Å². The third kappa shape index (κ3) is 3.49. The SMILES string of the molecule is CNC1CCC(NS(=O)(=O)c2ncccc2F)CC1. The molecule has 19 heavy (non-hydrogen) atoms. The Bertz CT molecular complexity index is 528. The van der Waals surface area contributed by atoms with Crippen molar-refractivity contribution in [2.45, 2.75) is 42.8 Å². The first-order chi connectivity index (χ1) is 9.03. The number of nitrogens with one attached hydrogen (secondary N) is 2. The van der Waals surface area contributed by atoms with Gasteiger partial charge in [0.05, 0.1) is 0 Å². The highest BCUT2D eigenvalue weighted by Crippen LogP contribution is 2.20. The number of hydrogen-bond acceptors (Lipinski definition) is 4. The third-order valence-electron chi connectivity index (χ3n) is 3.44. The van der Waals surface area contributed by atoms with E-state index in [0.717, 1.165) is 31.7 Å². The Hall–Kier alpha value is -1.05. The van der Waals surface area contributed by atoms with Crippen molar-refractivity contribution in [1.29, 1.82) is 0 Å². The van der Waals surface area contributed by atoms with Crippen LogP contribution in [0.5, 0.6) is 0 Å². The minimum atomic E-state index is -3.87. The molecule has 7 heteroatoms. The first kappa shape index (κ1) is 14.4. The molecule has 0 spiro atoms. The molecule has 1 aliphatic carbocycles. The van der Waals surface area contributed by atoms with Crippen molar-refractivity contribution < 1.29 is 12.8 Å². The van der Waals surface area contributed by atoms with Gasteiger partial charge in [0.2, 0.25) is 5.03 Å². The van der Waals surface area contributed by atoms with E-state index in [9.17, 15) is 12.8 Å². The maximum Gasteiger partial charge on any atom is 0.261 e. The molecule has 0 unspecified atom stereocenters. The van der Waals surface area contributed by atoms with Crippen LogP contribution in [0.25, 0.3) is 0 Å². The molecule has 0 atom stereocenters. The summed E-state index contributed by atoms with van der Waals surface area (Å²) >= 11 is 0. The molecule has 1 saturated carbocycles. The molecular formula is C12H18FN3O2S. The van der Waals surface area contributed by atoms with Gasteiger partial charge in [-0.05, 0) is 44.9 Å². The van der Waals surface area contributed by atoms with Crippen molar-refractivity contribution in [3.63, 3.8) is 0 Å². The van der Waals surface area contributed by atoms with E-state index in [0.29, 0.717) is 6.04 Å². The maximum atomic E-state index is 13.5. The van der Waals surface area contributed by atoms with E-state index in [1.165, 1.54) is 12.3 Å². The number of pyridine rings is 1. The molecule has 2 N–H and O–H groups in total. The van der Waals surface area contributed by atoms with Gasteiger partial charge in [0.15, 0.2) is 5.82 Å². The normalized spacial score (nSPS) is 24.3. The van der Waals surface area contributed by atoms with E-state index >= 15 is 0 Å². The summed E-state index contributed by atoms with van der Waals surface area (Å²) in [6.07, 6.45) is 4.59. The van der Waals surface area contributed by atoms with E-state index in [1.807, 2.05) is 7.05 Å². The molecule has 0 saturated heterocycles. The molecule has 106 valence electrons. The third-order valence-corrected chi connectivity index (χ3v) is 4.89. The Morgan fingerprint density at radius 1 is 1.26 bits per heavy atom. The lowest BCUT2D eigenvalue weighted by molar-refractivity contribution is 0.342. The van der Waals surface area contributed by atoms with Gasteiger partial charge in [0.1, 0.15) is 0 Å². The van der Waals surface area contributed by atoms with Crippen LogP contribution in [0, 0.1) is 5.82 Å². The molecule has 0 bridgehead atoms. The highest BCUT2D eigenvalue weighted by Gasteiger charge is 2.27. The van der Waals surface area contributed by atoms with E-state index in [4.69, 9.17) is 0 Å². The van der Waals surface area contributed by atoms with Gasteiger partial charge in [-0.25, -0.2) is 22.5 Å². The van der Waals surface area contributed by atoms with Gasteiger partial charge >= 0.3 is 0 Å². The van der Waals surface area contributed by atoms with Gasteiger partial charge in [-0.1, -0.05) is 0 Å². The highest BCUT2D eigenvalue weighted by atomic mass is 32.2. The number of sulfonamides is 1. The molecule has 1 fully saturated rings. The predicted molar refractivity (Wildman–Crippen MR) is 69.6 cm³/mol. The van der Waals surface area contributed by atoms with Gasteiger partial charge < -0.3 is 5.32 Å². The molecule has 5 nitrogen and oxygen atoms in total. The van der Waals surface area contributed by atoms with Crippen molar-refractivity contribution in [2.75, 3.05) is 7.05 Å². The van der Waals surface area contributed by atoms with Gasteiger partial charge in [-0.15, -0.1) is 0 Å². The molecule has 1 aromatic rings. The van der Waals surface area contributed by atoms with Crippen LogP contribution in [0.15, 0.2) is 23.4 Å². The Balaban J connectivity index is 2.05. The first-order valence-corrected chi connectivity index (χ1v) is 7.81. The number of aromatic nitrogens is 1. The topological polar surface area (TPSA) is 71.1 Å². The average molecular weight is 287 g/mol. The second-order valence-electron chi connectivity index (χ2n) is 4.75. The Morgan fingerprint density at radius 2 is 1.89 bits per heavy atom. The average Bonchev–Trinajstić information content (AvgIpc) is 2.39. The summed E-state index contributed by atoms with van der Waals surface area (Å²) < 4.78 is 40.1. The largest absolute Gasteiger partial charge is 0.317 e. The van der Waals surface area contributed by atoms with Crippen LogP contribution in [-0.2, 0) is 10.0 Å². The van der Waals surface area contributed by atoms with Crippen LogP contribution in [0.3, 0.4) is 0 Å². The zero-order chi connectivity index (χ0) is 13.9. The van der Waals surface area contributed by atoms with E-state index < -0.39 is 20.9 Å². The Kier molecular flexibility index (Phi) is 4.49. The van der Waals surface area contributed by atoms with Crippen LogP contribution in [-0.4, -0.2) is 32.5 Å². The van der Waals surface area contributed by atoms with Crippen molar-refractivity contribution in [2.24, 2.45) is 0 Å².